The highest BCUT2D eigenvalue weighted by Crippen LogP contribution is 2.32. The molecule has 4 aromatic rings. The highest BCUT2D eigenvalue weighted by atomic mass is 35.5. The van der Waals surface area contributed by atoms with Crippen molar-refractivity contribution in [3.8, 4) is 16.9 Å². The Labute approximate surface area is 177 Å². The molecule has 146 valence electrons. The van der Waals surface area contributed by atoms with Crippen LogP contribution in [0.3, 0.4) is 0 Å². The molecule has 0 heterocycles. The van der Waals surface area contributed by atoms with Crippen molar-refractivity contribution >= 4 is 22.4 Å². The van der Waals surface area contributed by atoms with Crippen LogP contribution < -0.4 is 10.1 Å². The minimum absolute atomic E-state index is 0.238. The highest BCUT2D eigenvalue weighted by molar-refractivity contribution is 6.30. The van der Waals surface area contributed by atoms with Crippen molar-refractivity contribution in [2.24, 2.45) is 0 Å². The van der Waals surface area contributed by atoms with Gasteiger partial charge in [0.15, 0.2) is 0 Å². The average Bonchev–Trinajstić information content (AvgIpc) is 2.77. The van der Waals surface area contributed by atoms with E-state index in [4.69, 9.17) is 16.3 Å². The van der Waals surface area contributed by atoms with Gasteiger partial charge in [-0.2, -0.15) is 0 Å². The molecule has 4 rings (SSSR count). The number of hydrogen-bond acceptors (Lipinski definition) is 2. The van der Waals surface area contributed by atoms with Gasteiger partial charge in [0.25, 0.3) is 0 Å². The molecule has 0 aromatic heterocycles. The molecular weight excluding hydrogens is 378 g/mol. The zero-order valence-electron chi connectivity index (χ0n) is 16.7. The van der Waals surface area contributed by atoms with Gasteiger partial charge in [-0.25, -0.2) is 0 Å². The predicted octanol–water partition coefficient (Wildman–Crippen LogP) is 7.02. The number of halogens is 1. The zero-order chi connectivity index (χ0) is 20.2. The fourth-order valence-corrected chi connectivity index (χ4v) is 3.86. The molecule has 0 fully saturated rings. The van der Waals surface area contributed by atoms with Crippen molar-refractivity contribution in [1.29, 1.82) is 0 Å². The van der Waals surface area contributed by atoms with Gasteiger partial charge in [-0.1, -0.05) is 72.3 Å². The van der Waals surface area contributed by atoms with Crippen molar-refractivity contribution in [1.82, 2.24) is 5.32 Å². The van der Waals surface area contributed by atoms with Crippen LogP contribution in [0, 0.1) is 0 Å². The van der Waals surface area contributed by atoms with Crippen LogP contribution >= 0.6 is 11.6 Å². The smallest absolute Gasteiger partial charge is 0.126 e. The molecule has 0 aliphatic carbocycles. The molecule has 0 amide bonds. The third kappa shape index (κ3) is 4.29. The number of methoxy groups -OCH3 is 1. The van der Waals surface area contributed by atoms with Crippen LogP contribution in [0.25, 0.3) is 21.9 Å². The molecule has 0 aliphatic heterocycles. The molecule has 0 saturated carbocycles. The lowest BCUT2D eigenvalue weighted by molar-refractivity contribution is 0.416. The van der Waals surface area contributed by atoms with Gasteiger partial charge >= 0.3 is 0 Å². The van der Waals surface area contributed by atoms with Crippen molar-refractivity contribution < 1.29 is 4.74 Å². The molecule has 0 radical (unpaired) electrons. The number of fused-ring (bicyclic) bond motifs is 1. The fraction of sp³-hybridized carbons (Fsp3) is 0.154. The summed E-state index contributed by atoms with van der Waals surface area (Å²) in [7, 11) is 1.70. The van der Waals surface area contributed by atoms with E-state index in [0.717, 1.165) is 28.4 Å². The Morgan fingerprint density at radius 1 is 0.897 bits per heavy atom. The molecule has 2 nitrogen and oxygen atoms in total. The van der Waals surface area contributed by atoms with Gasteiger partial charge in [-0.15, -0.1) is 0 Å². The van der Waals surface area contributed by atoms with Crippen molar-refractivity contribution in [3.05, 3.63) is 101 Å². The molecule has 0 saturated heterocycles. The summed E-state index contributed by atoms with van der Waals surface area (Å²) in [5.41, 5.74) is 4.69. The lowest BCUT2D eigenvalue weighted by atomic mass is 9.99. The number of ether oxygens (including phenoxy) is 1. The standard InChI is InChI=1S/C26H24ClNO/c1-18(23-9-5-7-20-6-3-4-8-24(20)23)28-17-19-10-15-26(29-2)25(16-19)21-11-13-22(27)14-12-21/h3-16,18,28H,17H2,1-2H3/t18-/m1/s1. The van der Waals surface area contributed by atoms with Gasteiger partial charge in [0, 0.05) is 23.2 Å². The molecule has 0 spiro atoms. The molecule has 3 heteroatoms. The maximum atomic E-state index is 6.05. The van der Waals surface area contributed by atoms with E-state index in [9.17, 15) is 0 Å². The Bertz CT molecular complexity index is 1120. The number of rotatable bonds is 6. The summed E-state index contributed by atoms with van der Waals surface area (Å²) in [6.45, 7) is 2.99. The molecule has 1 atom stereocenters. The number of nitrogens with one attached hydrogen (secondary N) is 1. The first-order valence-electron chi connectivity index (χ1n) is 9.79. The van der Waals surface area contributed by atoms with E-state index < -0.39 is 0 Å². The van der Waals surface area contributed by atoms with Crippen LogP contribution in [0.15, 0.2) is 84.9 Å². The molecular formula is C26H24ClNO. The van der Waals surface area contributed by atoms with Gasteiger partial charge in [-0.3, -0.25) is 0 Å². The zero-order valence-corrected chi connectivity index (χ0v) is 17.4. The number of benzene rings is 4. The summed E-state index contributed by atoms with van der Waals surface area (Å²) in [5, 5.41) is 6.97. The van der Waals surface area contributed by atoms with E-state index in [1.165, 1.54) is 21.9 Å². The van der Waals surface area contributed by atoms with Gasteiger partial charge in [0.2, 0.25) is 0 Å². The lowest BCUT2D eigenvalue weighted by Crippen LogP contribution is -2.18. The first kappa shape index (κ1) is 19.5. The van der Waals surface area contributed by atoms with Gasteiger partial charge in [0.05, 0.1) is 7.11 Å². The quantitative estimate of drug-likeness (QED) is 0.374. The topological polar surface area (TPSA) is 21.3 Å². The van der Waals surface area contributed by atoms with E-state index in [1.54, 1.807) is 7.11 Å². The summed E-state index contributed by atoms with van der Waals surface area (Å²) < 4.78 is 5.57. The van der Waals surface area contributed by atoms with E-state index in [-0.39, 0.29) is 6.04 Å². The highest BCUT2D eigenvalue weighted by Gasteiger charge is 2.11. The molecule has 0 bridgehead atoms. The Morgan fingerprint density at radius 2 is 1.66 bits per heavy atom. The fourth-order valence-electron chi connectivity index (χ4n) is 3.73. The third-order valence-electron chi connectivity index (χ3n) is 5.32. The molecule has 29 heavy (non-hydrogen) atoms. The van der Waals surface area contributed by atoms with E-state index in [2.05, 4.69) is 66.8 Å². The Balaban J connectivity index is 1.56. The predicted molar refractivity (Wildman–Crippen MR) is 123 cm³/mol. The lowest BCUT2D eigenvalue weighted by Gasteiger charge is -2.18. The van der Waals surface area contributed by atoms with Crippen molar-refractivity contribution in [2.75, 3.05) is 7.11 Å². The van der Waals surface area contributed by atoms with Gasteiger partial charge < -0.3 is 10.1 Å². The van der Waals surface area contributed by atoms with Crippen LogP contribution in [-0.2, 0) is 6.54 Å². The molecule has 4 aromatic carbocycles. The van der Waals surface area contributed by atoms with E-state index in [0.29, 0.717) is 0 Å². The second-order valence-electron chi connectivity index (χ2n) is 7.21. The van der Waals surface area contributed by atoms with Crippen LogP contribution in [0.1, 0.15) is 24.1 Å². The average molecular weight is 402 g/mol. The Hall–Kier alpha value is -2.81. The van der Waals surface area contributed by atoms with E-state index >= 15 is 0 Å². The van der Waals surface area contributed by atoms with Crippen molar-refractivity contribution in [2.45, 2.75) is 19.5 Å². The summed E-state index contributed by atoms with van der Waals surface area (Å²) in [6, 6.07) is 29.4. The van der Waals surface area contributed by atoms with Crippen molar-refractivity contribution in [3.63, 3.8) is 0 Å². The minimum Gasteiger partial charge on any atom is -0.496 e. The molecule has 0 unspecified atom stereocenters. The molecule has 1 N–H and O–H groups in total. The molecule has 0 aliphatic rings. The SMILES string of the molecule is COc1ccc(CN[C@H](C)c2cccc3ccccc23)cc1-c1ccc(Cl)cc1. The van der Waals surface area contributed by atoms with Gasteiger partial charge in [0.1, 0.15) is 5.75 Å². The first-order chi connectivity index (χ1) is 14.2. The minimum atomic E-state index is 0.238. The first-order valence-corrected chi connectivity index (χ1v) is 10.2. The Morgan fingerprint density at radius 3 is 2.45 bits per heavy atom. The monoisotopic (exact) mass is 401 g/mol. The number of hydrogen-bond donors (Lipinski definition) is 1. The summed E-state index contributed by atoms with van der Waals surface area (Å²) >= 11 is 6.05. The summed E-state index contributed by atoms with van der Waals surface area (Å²) in [6.07, 6.45) is 0. The summed E-state index contributed by atoms with van der Waals surface area (Å²) in [4.78, 5) is 0. The maximum absolute atomic E-state index is 6.05. The largest absolute Gasteiger partial charge is 0.496 e. The normalized spacial score (nSPS) is 12.1. The summed E-state index contributed by atoms with van der Waals surface area (Å²) in [5.74, 6) is 0.859. The van der Waals surface area contributed by atoms with E-state index in [1.807, 2.05) is 30.3 Å². The van der Waals surface area contributed by atoms with Crippen LogP contribution in [-0.4, -0.2) is 7.11 Å². The van der Waals surface area contributed by atoms with Gasteiger partial charge in [-0.05, 0) is 58.7 Å². The van der Waals surface area contributed by atoms with Crippen LogP contribution in [0.4, 0.5) is 0 Å². The van der Waals surface area contributed by atoms with Crippen LogP contribution in [0.2, 0.25) is 5.02 Å². The van der Waals surface area contributed by atoms with Crippen LogP contribution in [0.5, 0.6) is 5.75 Å². The second kappa shape index (κ2) is 8.69. The maximum Gasteiger partial charge on any atom is 0.126 e. The third-order valence-corrected chi connectivity index (χ3v) is 5.57. The Kier molecular flexibility index (Phi) is 5.84. The second-order valence-corrected chi connectivity index (χ2v) is 7.65.